The highest BCUT2D eigenvalue weighted by Gasteiger charge is 2.15. The molecule has 116 valence electrons. The Labute approximate surface area is 124 Å². The van der Waals surface area contributed by atoms with Gasteiger partial charge in [-0.15, -0.1) is 0 Å². The molecular weight excluding hydrogens is 274 g/mol. The fraction of sp³-hybridized carbons (Fsp3) is 0.533. The Kier molecular flexibility index (Phi) is 5.83. The molecule has 0 atom stereocenters. The molecule has 0 spiro atoms. The summed E-state index contributed by atoms with van der Waals surface area (Å²) in [5, 5.41) is 0. The maximum atomic E-state index is 10.9. The van der Waals surface area contributed by atoms with Gasteiger partial charge in [0.15, 0.2) is 11.5 Å². The van der Waals surface area contributed by atoms with Gasteiger partial charge in [-0.05, 0) is 12.1 Å². The number of aldehydes is 1. The van der Waals surface area contributed by atoms with Crippen molar-refractivity contribution in [3.63, 3.8) is 0 Å². The molecule has 0 bridgehead atoms. The van der Waals surface area contributed by atoms with Gasteiger partial charge in [0, 0.05) is 25.2 Å². The van der Waals surface area contributed by atoms with E-state index < -0.39 is 0 Å². The molecule has 0 amide bonds. The highest BCUT2D eigenvalue weighted by Crippen LogP contribution is 2.38. The van der Waals surface area contributed by atoms with Crippen LogP contribution in [0.4, 0.5) is 0 Å². The van der Waals surface area contributed by atoms with Gasteiger partial charge < -0.3 is 18.9 Å². The maximum Gasteiger partial charge on any atom is 0.203 e. The standard InChI is InChI=1S/C15H21NO5/c1-18-13-9-12(11-17)10-14(19-2)15(13)21-8-5-16-3-6-20-7-4-16/h9-11H,3-8H2,1-2H3. The van der Waals surface area contributed by atoms with Crippen molar-refractivity contribution >= 4 is 6.29 Å². The zero-order valence-electron chi connectivity index (χ0n) is 12.5. The quantitative estimate of drug-likeness (QED) is 0.705. The van der Waals surface area contributed by atoms with Crippen LogP contribution < -0.4 is 14.2 Å². The van der Waals surface area contributed by atoms with Crippen LogP contribution in [0.25, 0.3) is 0 Å². The van der Waals surface area contributed by atoms with Gasteiger partial charge >= 0.3 is 0 Å². The van der Waals surface area contributed by atoms with Crippen LogP contribution in [0, 0.1) is 0 Å². The van der Waals surface area contributed by atoms with E-state index in [1.54, 1.807) is 12.1 Å². The fourth-order valence-electron chi connectivity index (χ4n) is 2.21. The highest BCUT2D eigenvalue weighted by molar-refractivity contribution is 5.78. The van der Waals surface area contributed by atoms with Crippen molar-refractivity contribution in [1.82, 2.24) is 4.90 Å². The number of hydrogen-bond donors (Lipinski definition) is 0. The zero-order chi connectivity index (χ0) is 15.1. The summed E-state index contributed by atoms with van der Waals surface area (Å²) in [5.41, 5.74) is 0.490. The van der Waals surface area contributed by atoms with Crippen LogP contribution >= 0.6 is 0 Å². The third-order valence-electron chi connectivity index (χ3n) is 3.38. The van der Waals surface area contributed by atoms with Gasteiger partial charge in [-0.3, -0.25) is 9.69 Å². The van der Waals surface area contributed by atoms with Crippen molar-refractivity contribution in [3.8, 4) is 17.2 Å². The number of methoxy groups -OCH3 is 2. The van der Waals surface area contributed by atoms with Crippen molar-refractivity contribution in [3.05, 3.63) is 17.7 Å². The average Bonchev–Trinajstić information content (AvgIpc) is 2.55. The minimum atomic E-state index is 0.490. The van der Waals surface area contributed by atoms with E-state index in [2.05, 4.69) is 4.90 Å². The van der Waals surface area contributed by atoms with Crippen LogP contribution in [-0.4, -0.2) is 64.9 Å². The van der Waals surface area contributed by atoms with Crippen LogP contribution in [0.2, 0.25) is 0 Å². The van der Waals surface area contributed by atoms with E-state index in [0.717, 1.165) is 39.1 Å². The lowest BCUT2D eigenvalue weighted by Gasteiger charge is -2.26. The molecule has 0 aliphatic carbocycles. The molecule has 0 N–H and O–H groups in total. The van der Waals surface area contributed by atoms with Crippen molar-refractivity contribution in [2.45, 2.75) is 0 Å². The summed E-state index contributed by atoms with van der Waals surface area (Å²) in [7, 11) is 3.08. The van der Waals surface area contributed by atoms with E-state index in [4.69, 9.17) is 18.9 Å². The molecule has 2 rings (SSSR count). The summed E-state index contributed by atoms with van der Waals surface area (Å²) in [6, 6.07) is 3.28. The first-order valence-electron chi connectivity index (χ1n) is 6.92. The average molecular weight is 295 g/mol. The Morgan fingerprint density at radius 2 is 1.81 bits per heavy atom. The van der Waals surface area contributed by atoms with Crippen molar-refractivity contribution in [2.24, 2.45) is 0 Å². The van der Waals surface area contributed by atoms with Crippen LogP contribution in [0.15, 0.2) is 12.1 Å². The zero-order valence-corrected chi connectivity index (χ0v) is 12.5. The summed E-state index contributed by atoms with van der Waals surface area (Å²) in [6.45, 7) is 4.70. The van der Waals surface area contributed by atoms with Crippen LogP contribution in [0.1, 0.15) is 10.4 Å². The third-order valence-corrected chi connectivity index (χ3v) is 3.38. The molecule has 1 aliphatic heterocycles. The summed E-state index contributed by atoms with van der Waals surface area (Å²) >= 11 is 0. The molecular formula is C15H21NO5. The Bertz CT molecular complexity index is 446. The van der Waals surface area contributed by atoms with E-state index in [9.17, 15) is 4.79 Å². The first-order valence-corrected chi connectivity index (χ1v) is 6.92. The lowest BCUT2D eigenvalue weighted by atomic mass is 10.2. The van der Waals surface area contributed by atoms with Crippen molar-refractivity contribution in [2.75, 3.05) is 53.7 Å². The number of hydrogen-bond acceptors (Lipinski definition) is 6. The van der Waals surface area contributed by atoms with E-state index >= 15 is 0 Å². The van der Waals surface area contributed by atoms with Crippen molar-refractivity contribution < 1.29 is 23.7 Å². The van der Waals surface area contributed by atoms with E-state index in [0.29, 0.717) is 29.4 Å². The van der Waals surface area contributed by atoms with Crippen molar-refractivity contribution in [1.29, 1.82) is 0 Å². The number of ether oxygens (including phenoxy) is 4. The molecule has 1 aromatic carbocycles. The molecule has 1 heterocycles. The maximum absolute atomic E-state index is 10.9. The number of carbonyl (C=O) groups excluding carboxylic acids is 1. The van der Waals surface area contributed by atoms with Gasteiger partial charge in [0.1, 0.15) is 12.9 Å². The molecule has 1 aromatic rings. The predicted molar refractivity (Wildman–Crippen MR) is 77.7 cm³/mol. The van der Waals surface area contributed by atoms with Gasteiger partial charge in [-0.25, -0.2) is 0 Å². The van der Waals surface area contributed by atoms with Crippen LogP contribution in [-0.2, 0) is 4.74 Å². The van der Waals surface area contributed by atoms with Gasteiger partial charge in [0.2, 0.25) is 5.75 Å². The molecule has 1 fully saturated rings. The monoisotopic (exact) mass is 295 g/mol. The Morgan fingerprint density at radius 3 is 2.33 bits per heavy atom. The summed E-state index contributed by atoms with van der Waals surface area (Å²) in [6.07, 6.45) is 0.753. The second-order valence-corrected chi connectivity index (χ2v) is 4.67. The number of morpholine rings is 1. The minimum Gasteiger partial charge on any atom is -0.493 e. The van der Waals surface area contributed by atoms with Gasteiger partial charge in [0.05, 0.1) is 27.4 Å². The second-order valence-electron chi connectivity index (χ2n) is 4.67. The fourth-order valence-corrected chi connectivity index (χ4v) is 2.21. The number of nitrogens with zero attached hydrogens (tertiary/aromatic N) is 1. The molecule has 0 saturated carbocycles. The molecule has 6 nitrogen and oxygen atoms in total. The topological polar surface area (TPSA) is 57.2 Å². The highest BCUT2D eigenvalue weighted by atomic mass is 16.5. The van der Waals surface area contributed by atoms with Gasteiger partial charge in [-0.2, -0.15) is 0 Å². The number of rotatable bonds is 7. The normalized spacial score (nSPS) is 15.5. The Hall–Kier alpha value is -1.79. The largest absolute Gasteiger partial charge is 0.493 e. The Balaban J connectivity index is 2.01. The first-order chi connectivity index (χ1) is 10.3. The molecule has 0 aromatic heterocycles. The molecule has 21 heavy (non-hydrogen) atoms. The molecule has 1 saturated heterocycles. The molecule has 6 heteroatoms. The molecule has 0 radical (unpaired) electrons. The van der Waals surface area contributed by atoms with Crippen LogP contribution in [0.3, 0.4) is 0 Å². The first kappa shape index (κ1) is 15.6. The lowest BCUT2D eigenvalue weighted by molar-refractivity contribution is 0.0319. The summed E-state index contributed by atoms with van der Waals surface area (Å²) in [4.78, 5) is 13.2. The summed E-state index contributed by atoms with van der Waals surface area (Å²) in [5.74, 6) is 1.52. The Morgan fingerprint density at radius 1 is 1.19 bits per heavy atom. The smallest absolute Gasteiger partial charge is 0.203 e. The van der Waals surface area contributed by atoms with E-state index in [1.165, 1.54) is 14.2 Å². The molecule has 0 unspecified atom stereocenters. The minimum absolute atomic E-state index is 0.490. The summed E-state index contributed by atoms with van der Waals surface area (Å²) < 4.78 is 21.7. The third kappa shape index (κ3) is 4.09. The SMILES string of the molecule is COc1cc(C=O)cc(OC)c1OCCN1CCOCC1. The lowest BCUT2D eigenvalue weighted by Crippen LogP contribution is -2.38. The van der Waals surface area contributed by atoms with Gasteiger partial charge in [-0.1, -0.05) is 0 Å². The van der Waals surface area contributed by atoms with E-state index in [-0.39, 0.29) is 0 Å². The number of carbonyl (C=O) groups is 1. The van der Waals surface area contributed by atoms with Gasteiger partial charge in [0.25, 0.3) is 0 Å². The predicted octanol–water partition coefficient (Wildman–Crippen LogP) is 1.23. The van der Waals surface area contributed by atoms with Crippen LogP contribution in [0.5, 0.6) is 17.2 Å². The van der Waals surface area contributed by atoms with E-state index in [1.807, 2.05) is 0 Å². The second kappa shape index (κ2) is 7.85. The number of benzene rings is 1. The molecule has 1 aliphatic rings.